The molecule has 0 amide bonds. The van der Waals surface area contributed by atoms with Crippen molar-refractivity contribution in [3.63, 3.8) is 0 Å². The fraction of sp³-hybridized carbons (Fsp3) is 0.704. The van der Waals surface area contributed by atoms with E-state index in [9.17, 15) is 13.2 Å². The second-order valence-corrected chi connectivity index (χ2v) is 9.74. The van der Waals surface area contributed by atoms with Crippen LogP contribution in [0.3, 0.4) is 0 Å². The molecule has 0 aromatic heterocycles. The lowest BCUT2D eigenvalue weighted by Gasteiger charge is -2.38. The van der Waals surface area contributed by atoms with Gasteiger partial charge in [-0.2, -0.15) is 0 Å². The van der Waals surface area contributed by atoms with Crippen molar-refractivity contribution in [2.24, 2.45) is 17.8 Å². The van der Waals surface area contributed by atoms with Crippen LogP contribution >= 0.6 is 0 Å². The van der Waals surface area contributed by atoms with Gasteiger partial charge >= 0.3 is 0 Å². The Morgan fingerprint density at radius 3 is 2.07 bits per heavy atom. The van der Waals surface area contributed by atoms with Crippen molar-refractivity contribution >= 4 is 5.83 Å². The van der Waals surface area contributed by atoms with E-state index in [1.54, 1.807) is 0 Å². The van der Waals surface area contributed by atoms with Crippen molar-refractivity contribution in [1.82, 2.24) is 0 Å². The molecule has 0 heterocycles. The molecule has 0 spiro atoms. The number of benzene rings is 1. The van der Waals surface area contributed by atoms with Crippen LogP contribution in [0, 0.1) is 23.6 Å². The first-order chi connectivity index (χ1) is 14.5. The van der Waals surface area contributed by atoms with Crippen molar-refractivity contribution in [2.75, 3.05) is 0 Å². The van der Waals surface area contributed by atoms with E-state index in [-0.39, 0.29) is 12.0 Å². The summed E-state index contributed by atoms with van der Waals surface area (Å²) in [6.45, 7) is 4.21. The first-order valence-electron chi connectivity index (χ1n) is 12.4. The number of hydrogen-bond acceptors (Lipinski definition) is 0. The van der Waals surface area contributed by atoms with Crippen molar-refractivity contribution in [1.29, 1.82) is 0 Å². The van der Waals surface area contributed by atoms with Gasteiger partial charge < -0.3 is 0 Å². The van der Waals surface area contributed by atoms with E-state index >= 15 is 0 Å². The number of unbranched alkanes of at least 4 members (excludes halogenated alkanes) is 1. The lowest BCUT2D eigenvalue weighted by atomic mass is 9.68. The zero-order valence-electron chi connectivity index (χ0n) is 18.9. The SMILES string of the molecule is CCCCC(F)=C(F)c1ccc(C2CCC(C3CCC(CCC)CC3)CC2)cc1F. The molecule has 3 heteroatoms. The van der Waals surface area contributed by atoms with Gasteiger partial charge in [0.05, 0.1) is 0 Å². The minimum absolute atomic E-state index is 0.0356. The molecular weight excluding hydrogens is 381 g/mol. The van der Waals surface area contributed by atoms with Crippen molar-refractivity contribution < 1.29 is 13.2 Å². The van der Waals surface area contributed by atoms with Crippen LogP contribution in [0.4, 0.5) is 13.2 Å². The minimum Gasteiger partial charge on any atom is -0.209 e. The zero-order chi connectivity index (χ0) is 21.5. The van der Waals surface area contributed by atoms with Crippen LogP contribution in [0.25, 0.3) is 5.83 Å². The summed E-state index contributed by atoms with van der Waals surface area (Å²) < 4.78 is 42.8. The Kier molecular flexibility index (Phi) is 8.89. The Hall–Kier alpha value is -1.25. The predicted molar refractivity (Wildman–Crippen MR) is 120 cm³/mol. The summed E-state index contributed by atoms with van der Waals surface area (Å²) in [7, 11) is 0. The lowest BCUT2D eigenvalue weighted by molar-refractivity contribution is 0.156. The van der Waals surface area contributed by atoms with Gasteiger partial charge in [-0.3, -0.25) is 0 Å². The van der Waals surface area contributed by atoms with Gasteiger partial charge in [-0.05, 0) is 86.3 Å². The zero-order valence-corrected chi connectivity index (χ0v) is 18.9. The van der Waals surface area contributed by atoms with E-state index in [0.717, 1.165) is 42.6 Å². The van der Waals surface area contributed by atoms with E-state index in [1.807, 2.05) is 13.0 Å². The minimum atomic E-state index is -1.03. The van der Waals surface area contributed by atoms with Crippen molar-refractivity contribution in [2.45, 2.75) is 103 Å². The summed E-state index contributed by atoms with van der Waals surface area (Å²) in [6.07, 6.45) is 14.3. The largest absolute Gasteiger partial charge is 0.209 e. The third kappa shape index (κ3) is 5.92. The molecule has 0 radical (unpaired) electrons. The lowest BCUT2D eigenvalue weighted by Crippen LogP contribution is -2.25. The fourth-order valence-corrected chi connectivity index (χ4v) is 5.83. The number of halogens is 3. The molecule has 0 bridgehead atoms. The number of allylic oxidation sites excluding steroid dienone is 1. The van der Waals surface area contributed by atoms with Gasteiger partial charge in [0.25, 0.3) is 0 Å². The van der Waals surface area contributed by atoms with Gasteiger partial charge in [0, 0.05) is 12.0 Å². The van der Waals surface area contributed by atoms with Crippen LogP contribution in [0.15, 0.2) is 24.0 Å². The monoisotopic (exact) mass is 420 g/mol. The maximum Gasteiger partial charge on any atom is 0.164 e. The van der Waals surface area contributed by atoms with E-state index in [1.165, 1.54) is 63.5 Å². The summed E-state index contributed by atoms with van der Waals surface area (Å²) >= 11 is 0. The predicted octanol–water partition coefficient (Wildman–Crippen LogP) is 9.50. The Labute approximate surface area is 181 Å². The highest BCUT2D eigenvalue weighted by Gasteiger charge is 2.31. The van der Waals surface area contributed by atoms with Crippen molar-refractivity contribution in [3.05, 3.63) is 41.0 Å². The van der Waals surface area contributed by atoms with Gasteiger partial charge in [0.1, 0.15) is 11.6 Å². The summed E-state index contributed by atoms with van der Waals surface area (Å²) in [6, 6.07) is 4.70. The molecule has 2 aliphatic rings. The van der Waals surface area contributed by atoms with Crippen LogP contribution in [-0.4, -0.2) is 0 Å². The molecule has 3 rings (SSSR count). The van der Waals surface area contributed by atoms with Crippen LogP contribution < -0.4 is 0 Å². The standard InChI is InChI=1S/C27H39F3/c1-3-5-7-25(28)27(30)24-17-16-23(18-26(24)29)22-14-12-21(13-15-22)20-10-8-19(6-4-2)9-11-20/h16-22H,3-15H2,1-2H3. The van der Waals surface area contributed by atoms with E-state index in [2.05, 4.69) is 6.92 Å². The Morgan fingerprint density at radius 2 is 1.50 bits per heavy atom. The molecule has 0 N–H and O–H groups in total. The fourth-order valence-electron chi connectivity index (χ4n) is 5.83. The third-order valence-electron chi connectivity index (χ3n) is 7.72. The summed E-state index contributed by atoms with van der Waals surface area (Å²) in [5, 5.41) is 0. The number of rotatable bonds is 8. The maximum absolute atomic E-state index is 14.6. The average Bonchev–Trinajstić information content (AvgIpc) is 2.78. The van der Waals surface area contributed by atoms with E-state index in [4.69, 9.17) is 0 Å². The van der Waals surface area contributed by atoms with Crippen molar-refractivity contribution in [3.8, 4) is 0 Å². The molecule has 0 unspecified atom stereocenters. The topological polar surface area (TPSA) is 0 Å². The summed E-state index contributed by atoms with van der Waals surface area (Å²) in [4.78, 5) is 0. The normalized spacial score (nSPS) is 28.3. The van der Waals surface area contributed by atoms with Gasteiger partial charge in [0.2, 0.25) is 0 Å². The highest BCUT2D eigenvalue weighted by atomic mass is 19.2. The molecule has 2 aliphatic carbocycles. The molecule has 1 aromatic carbocycles. The van der Waals surface area contributed by atoms with Crippen LogP contribution in [0.2, 0.25) is 0 Å². The first-order valence-corrected chi connectivity index (χ1v) is 12.4. The Morgan fingerprint density at radius 1 is 0.867 bits per heavy atom. The highest BCUT2D eigenvalue weighted by Crippen LogP contribution is 2.44. The van der Waals surface area contributed by atoms with Crippen LogP contribution in [-0.2, 0) is 0 Å². The van der Waals surface area contributed by atoms with Crippen LogP contribution in [0.5, 0.6) is 0 Å². The second-order valence-electron chi connectivity index (χ2n) is 9.74. The van der Waals surface area contributed by atoms with Gasteiger partial charge in [-0.1, -0.05) is 52.0 Å². The molecule has 2 fully saturated rings. The molecule has 30 heavy (non-hydrogen) atoms. The Balaban J connectivity index is 1.55. The van der Waals surface area contributed by atoms with E-state index in [0.29, 0.717) is 12.3 Å². The number of hydrogen-bond donors (Lipinski definition) is 0. The molecule has 168 valence electrons. The maximum atomic E-state index is 14.6. The molecule has 0 saturated heterocycles. The smallest absolute Gasteiger partial charge is 0.164 e. The van der Waals surface area contributed by atoms with Gasteiger partial charge in [0.15, 0.2) is 5.83 Å². The molecule has 0 aliphatic heterocycles. The quantitative estimate of drug-likeness (QED) is 0.393. The Bertz CT molecular complexity index is 692. The van der Waals surface area contributed by atoms with Crippen LogP contribution in [0.1, 0.15) is 114 Å². The molecule has 0 nitrogen and oxygen atoms in total. The second kappa shape index (κ2) is 11.4. The average molecular weight is 421 g/mol. The molecule has 1 aromatic rings. The van der Waals surface area contributed by atoms with Gasteiger partial charge in [-0.25, -0.2) is 13.2 Å². The molecule has 2 saturated carbocycles. The molecular formula is C27H39F3. The summed E-state index contributed by atoms with van der Waals surface area (Å²) in [5.41, 5.74) is 0.716. The highest BCUT2D eigenvalue weighted by molar-refractivity contribution is 5.61. The van der Waals surface area contributed by atoms with Gasteiger partial charge in [-0.15, -0.1) is 0 Å². The molecule has 0 atom stereocenters. The first kappa shape index (κ1) is 23.4. The third-order valence-corrected chi connectivity index (χ3v) is 7.72. The summed E-state index contributed by atoms with van der Waals surface area (Å²) in [5.74, 6) is 0.494. The van der Waals surface area contributed by atoms with E-state index < -0.39 is 17.5 Å².